The number of anilines is 4. The highest BCUT2D eigenvalue weighted by atomic mass is 32.1. The minimum Gasteiger partial charge on any atom is -0.476 e. The molecule has 4 rings (SSSR count). The van der Waals surface area contributed by atoms with E-state index in [2.05, 4.69) is 25.5 Å². The molecule has 4 aromatic rings. The lowest BCUT2D eigenvalue weighted by Gasteiger charge is -2.27. The zero-order valence-electron chi connectivity index (χ0n) is 20.7. The van der Waals surface area contributed by atoms with Gasteiger partial charge in [0.2, 0.25) is 0 Å². The minimum absolute atomic E-state index is 0.0103. The molecular weight excluding hydrogens is 498 g/mol. The molecule has 0 saturated carbocycles. The smallest absolute Gasteiger partial charge is 0.355 e. The molecule has 0 spiro atoms. The van der Waals surface area contributed by atoms with E-state index in [-0.39, 0.29) is 5.69 Å². The number of aromatic nitrogens is 4. The molecular formula is C24H30N7O3S2+. The fraction of sp³-hybridized carbons (Fsp3) is 0.375. The number of carboxylic acids is 1. The van der Waals surface area contributed by atoms with Crippen molar-refractivity contribution >= 4 is 60.8 Å². The van der Waals surface area contributed by atoms with Gasteiger partial charge in [-0.3, -0.25) is 0 Å². The fourth-order valence-electron chi connectivity index (χ4n) is 3.76. The number of carboxylic acid groups (broad SMARTS) is 1. The standard InChI is InChI=1S/C24H29N7O3S2/c1-15-12-20(28-29-21(15)27-23-25-17-9-5-6-10-19(17)36-23)30(24-26-18(14-35-24)22(33)34)11-7-8-16(32)13-31(2,3)4/h5-6,9-10,12,14,16,32H,7-8,11,13H2,1-4H3,(H-,25,27,29,33,34)/p+1. The van der Waals surface area contributed by atoms with Crippen molar-refractivity contribution in [1.82, 2.24) is 20.2 Å². The Morgan fingerprint density at radius 1 is 1.19 bits per heavy atom. The number of thiazole rings is 2. The van der Waals surface area contributed by atoms with Crippen molar-refractivity contribution in [3.63, 3.8) is 0 Å². The molecule has 12 heteroatoms. The van der Waals surface area contributed by atoms with Gasteiger partial charge in [-0.1, -0.05) is 23.5 Å². The molecule has 1 atom stereocenters. The van der Waals surface area contributed by atoms with E-state index in [4.69, 9.17) is 0 Å². The molecule has 190 valence electrons. The molecule has 0 radical (unpaired) electrons. The molecule has 0 aliphatic carbocycles. The second-order valence-corrected chi connectivity index (χ2v) is 11.5. The number of aromatic carboxylic acids is 1. The molecule has 0 aliphatic rings. The van der Waals surface area contributed by atoms with Crippen LogP contribution in [0, 0.1) is 6.92 Å². The number of nitrogens with one attached hydrogen (secondary N) is 1. The third kappa shape index (κ3) is 6.52. The second kappa shape index (κ2) is 10.8. The van der Waals surface area contributed by atoms with Crippen molar-refractivity contribution in [3.05, 3.63) is 47.0 Å². The summed E-state index contributed by atoms with van der Waals surface area (Å²) in [6, 6.07) is 9.82. The molecule has 3 N–H and O–H groups in total. The van der Waals surface area contributed by atoms with Crippen LogP contribution in [0.1, 0.15) is 28.9 Å². The van der Waals surface area contributed by atoms with E-state index in [1.807, 2.05) is 63.3 Å². The van der Waals surface area contributed by atoms with E-state index in [1.165, 1.54) is 16.7 Å². The lowest BCUT2D eigenvalue weighted by molar-refractivity contribution is -0.873. The number of hydrogen-bond acceptors (Lipinski definition) is 10. The summed E-state index contributed by atoms with van der Waals surface area (Å²) >= 11 is 2.78. The van der Waals surface area contributed by atoms with Crippen molar-refractivity contribution in [3.8, 4) is 0 Å². The SMILES string of the molecule is Cc1cc(N(CCCC(O)C[N+](C)(C)C)c2nc(C(=O)O)cs2)nnc1Nc1nc2ccccc2s1. The Bertz CT molecular complexity index is 1320. The van der Waals surface area contributed by atoms with Crippen LogP contribution >= 0.6 is 22.7 Å². The molecule has 0 aliphatic heterocycles. The number of nitrogens with zero attached hydrogens (tertiary/aromatic N) is 6. The normalized spacial score (nSPS) is 12.6. The number of benzene rings is 1. The number of aliphatic hydroxyl groups is 1. The predicted molar refractivity (Wildman–Crippen MR) is 144 cm³/mol. The Labute approximate surface area is 217 Å². The second-order valence-electron chi connectivity index (χ2n) is 9.59. The summed E-state index contributed by atoms with van der Waals surface area (Å²) in [7, 11) is 6.13. The Morgan fingerprint density at radius 2 is 1.97 bits per heavy atom. The molecule has 0 amide bonds. The van der Waals surface area contributed by atoms with Crippen LogP contribution in [0.4, 0.5) is 21.9 Å². The zero-order valence-corrected chi connectivity index (χ0v) is 22.3. The number of aliphatic hydroxyl groups excluding tert-OH is 1. The first-order valence-electron chi connectivity index (χ1n) is 11.5. The largest absolute Gasteiger partial charge is 0.476 e. The minimum atomic E-state index is -1.08. The maximum absolute atomic E-state index is 11.4. The lowest BCUT2D eigenvalue weighted by atomic mass is 10.1. The summed E-state index contributed by atoms with van der Waals surface area (Å²) in [6.45, 7) is 3.09. The van der Waals surface area contributed by atoms with Crippen molar-refractivity contribution in [2.45, 2.75) is 25.9 Å². The van der Waals surface area contributed by atoms with Gasteiger partial charge in [0.05, 0.1) is 31.4 Å². The third-order valence-corrected chi connectivity index (χ3v) is 7.20. The molecule has 0 fully saturated rings. The van der Waals surface area contributed by atoms with Gasteiger partial charge in [0.15, 0.2) is 27.6 Å². The number of aryl methyl sites for hydroxylation is 1. The van der Waals surface area contributed by atoms with E-state index in [9.17, 15) is 15.0 Å². The van der Waals surface area contributed by atoms with Gasteiger partial charge in [-0.05, 0) is 43.5 Å². The molecule has 0 bridgehead atoms. The van der Waals surface area contributed by atoms with Gasteiger partial charge in [-0.25, -0.2) is 14.8 Å². The highest BCUT2D eigenvalue weighted by Crippen LogP contribution is 2.31. The fourth-order valence-corrected chi connectivity index (χ4v) is 5.46. The zero-order chi connectivity index (χ0) is 25.9. The molecule has 3 aromatic heterocycles. The highest BCUT2D eigenvalue weighted by molar-refractivity contribution is 7.22. The van der Waals surface area contributed by atoms with Crippen molar-refractivity contribution in [2.24, 2.45) is 0 Å². The topological polar surface area (TPSA) is 124 Å². The highest BCUT2D eigenvalue weighted by Gasteiger charge is 2.21. The van der Waals surface area contributed by atoms with Crippen LogP contribution in [0.15, 0.2) is 35.7 Å². The van der Waals surface area contributed by atoms with E-state index in [1.54, 1.807) is 11.3 Å². The molecule has 1 unspecified atom stereocenters. The van der Waals surface area contributed by atoms with E-state index < -0.39 is 12.1 Å². The molecule has 3 heterocycles. The van der Waals surface area contributed by atoms with Crippen LogP contribution in [0.5, 0.6) is 0 Å². The van der Waals surface area contributed by atoms with Gasteiger partial charge in [0, 0.05) is 11.9 Å². The monoisotopic (exact) mass is 528 g/mol. The van der Waals surface area contributed by atoms with Crippen LogP contribution in [-0.4, -0.2) is 81.2 Å². The van der Waals surface area contributed by atoms with E-state index in [0.29, 0.717) is 47.2 Å². The van der Waals surface area contributed by atoms with Crippen molar-refractivity contribution in [1.29, 1.82) is 0 Å². The molecule has 1 aromatic carbocycles. The summed E-state index contributed by atoms with van der Waals surface area (Å²) < 4.78 is 1.76. The van der Waals surface area contributed by atoms with Gasteiger partial charge in [0.1, 0.15) is 12.6 Å². The van der Waals surface area contributed by atoms with Crippen LogP contribution in [0.25, 0.3) is 10.2 Å². The number of quaternary nitrogens is 1. The first kappa shape index (κ1) is 25.9. The van der Waals surface area contributed by atoms with Crippen LogP contribution < -0.4 is 10.2 Å². The van der Waals surface area contributed by atoms with Crippen LogP contribution in [0.2, 0.25) is 0 Å². The average Bonchev–Trinajstić information content (AvgIpc) is 3.44. The van der Waals surface area contributed by atoms with Gasteiger partial charge in [-0.15, -0.1) is 21.5 Å². The lowest BCUT2D eigenvalue weighted by Crippen LogP contribution is -2.41. The quantitative estimate of drug-likeness (QED) is 0.245. The number of carbonyl (C=O) groups is 1. The Morgan fingerprint density at radius 3 is 2.64 bits per heavy atom. The van der Waals surface area contributed by atoms with Crippen molar-refractivity contribution < 1.29 is 19.5 Å². The van der Waals surface area contributed by atoms with Crippen LogP contribution in [-0.2, 0) is 0 Å². The Kier molecular flexibility index (Phi) is 7.79. The van der Waals surface area contributed by atoms with E-state index in [0.717, 1.165) is 20.9 Å². The molecule has 36 heavy (non-hydrogen) atoms. The average molecular weight is 529 g/mol. The first-order chi connectivity index (χ1) is 17.1. The summed E-state index contributed by atoms with van der Waals surface area (Å²) in [5.41, 5.74) is 1.78. The predicted octanol–water partition coefficient (Wildman–Crippen LogP) is 4.28. The number of rotatable bonds is 11. The van der Waals surface area contributed by atoms with Crippen LogP contribution in [0.3, 0.4) is 0 Å². The summed E-state index contributed by atoms with van der Waals surface area (Å²) in [6.07, 6.45) is 0.841. The molecule has 10 nitrogen and oxygen atoms in total. The number of para-hydroxylation sites is 1. The Hall–Kier alpha value is -3.19. The van der Waals surface area contributed by atoms with Gasteiger partial charge in [0.25, 0.3) is 0 Å². The van der Waals surface area contributed by atoms with Crippen molar-refractivity contribution in [2.75, 3.05) is 44.4 Å². The first-order valence-corrected chi connectivity index (χ1v) is 13.2. The van der Waals surface area contributed by atoms with E-state index >= 15 is 0 Å². The number of likely N-dealkylation sites (N-methyl/N-ethyl adjacent to an activating group) is 1. The summed E-state index contributed by atoms with van der Waals surface area (Å²) in [5.74, 6) is 0.0877. The third-order valence-electron chi connectivity index (χ3n) is 5.39. The maximum Gasteiger partial charge on any atom is 0.355 e. The number of hydrogen-bond donors (Lipinski definition) is 3. The Balaban J connectivity index is 1.53. The number of fused-ring (bicyclic) bond motifs is 1. The summed E-state index contributed by atoms with van der Waals surface area (Å²) in [5, 5.41) is 34.6. The summed E-state index contributed by atoms with van der Waals surface area (Å²) in [4.78, 5) is 22.1. The van der Waals surface area contributed by atoms with Gasteiger partial charge >= 0.3 is 5.97 Å². The van der Waals surface area contributed by atoms with Gasteiger partial charge < -0.3 is 24.9 Å². The molecule has 0 saturated heterocycles. The van der Waals surface area contributed by atoms with Gasteiger partial charge in [-0.2, -0.15) is 0 Å². The maximum atomic E-state index is 11.4.